The number of hydrogen-bond acceptors (Lipinski definition) is 5. The summed E-state index contributed by atoms with van der Waals surface area (Å²) in [6, 6.07) is 12.5. The molecule has 0 spiro atoms. The summed E-state index contributed by atoms with van der Waals surface area (Å²) in [5.74, 6) is 0.0333. The van der Waals surface area contributed by atoms with E-state index < -0.39 is 17.6 Å². The van der Waals surface area contributed by atoms with E-state index in [2.05, 4.69) is 4.98 Å². The number of ether oxygens (including phenoxy) is 1. The summed E-state index contributed by atoms with van der Waals surface area (Å²) in [4.78, 5) is 33.7. The first-order chi connectivity index (χ1) is 18.1. The molecule has 2 amide bonds. The summed E-state index contributed by atoms with van der Waals surface area (Å²) < 4.78 is 45.5. The molecule has 1 aromatic heterocycles. The van der Waals surface area contributed by atoms with Crippen molar-refractivity contribution in [1.82, 2.24) is 14.8 Å². The summed E-state index contributed by atoms with van der Waals surface area (Å²) in [5, 5.41) is 2.56. The Hall–Kier alpha value is -3.40. The number of carbonyl (C=O) groups excluding carboxylic acids is 2. The average molecular weight is 546 g/mol. The number of para-hydroxylation sites is 1. The number of alkyl halides is 3. The molecule has 0 aliphatic carbocycles. The zero-order valence-electron chi connectivity index (χ0n) is 21.5. The highest BCUT2D eigenvalue weighted by Gasteiger charge is 2.37. The third-order valence-electron chi connectivity index (χ3n) is 7.02. The number of piperidine rings is 1. The van der Waals surface area contributed by atoms with Gasteiger partial charge >= 0.3 is 6.18 Å². The average Bonchev–Trinajstić information content (AvgIpc) is 3.42. The number of likely N-dealkylation sites (tertiary alicyclic amines) is 1. The van der Waals surface area contributed by atoms with Gasteiger partial charge in [-0.25, -0.2) is 4.98 Å². The van der Waals surface area contributed by atoms with Crippen LogP contribution in [0.1, 0.15) is 62.7 Å². The fourth-order valence-corrected chi connectivity index (χ4v) is 5.66. The topological polar surface area (TPSA) is 62.7 Å². The molecule has 0 bridgehead atoms. The molecule has 0 N–H and O–H groups in total. The van der Waals surface area contributed by atoms with Crippen molar-refractivity contribution >= 4 is 23.2 Å². The van der Waals surface area contributed by atoms with Gasteiger partial charge in [-0.05, 0) is 49.9 Å². The second kappa shape index (κ2) is 11.6. The molecule has 2 heterocycles. The number of methoxy groups -OCH3 is 1. The molecule has 3 aromatic rings. The standard InChI is InChI=1S/C28H30F3N3O3S/c1-18(16-20-8-4-7-11-24(20)37-3)33(2)27(36)23-17-38-25(32-23)19-12-14-34(15-13-19)26(35)21-9-5-6-10-22(21)28(29,30)31/h4-11,17-19H,12-16H2,1-3H3. The highest BCUT2D eigenvalue weighted by Crippen LogP contribution is 2.35. The SMILES string of the molecule is COc1ccccc1CC(C)N(C)C(=O)c1csc(C2CCN(C(=O)c3ccccc3C(F)(F)F)CC2)n1. The molecule has 2 aromatic carbocycles. The minimum Gasteiger partial charge on any atom is -0.496 e. The molecular formula is C28H30F3N3O3S. The number of carbonyl (C=O) groups is 2. The highest BCUT2D eigenvalue weighted by atomic mass is 32.1. The fourth-order valence-electron chi connectivity index (χ4n) is 4.70. The molecule has 0 saturated carbocycles. The number of halogens is 3. The molecule has 38 heavy (non-hydrogen) atoms. The van der Waals surface area contributed by atoms with Crippen molar-refractivity contribution in [2.45, 2.75) is 44.3 Å². The van der Waals surface area contributed by atoms with Crippen LogP contribution in [-0.4, -0.2) is 59.9 Å². The van der Waals surface area contributed by atoms with Gasteiger partial charge in [-0.2, -0.15) is 13.2 Å². The van der Waals surface area contributed by atoms with Crippen LogP contribution in [0, 0.1) is 0 Å². The van der Waals surface area contributed by atoms with E-state index in [1.54, 1.807) is 24.4 Å². The number of aromatic nitrogens is 1. The molecule has 1 fully saturated rings. The lowest BCUT2D eigenvalue weighted by Gasteiger charge is -2.31. The quantitative estimate of drug-likeness (QED) is 0.371. The van der Waals surface area contributed by atoms with Crippen LogP contribution in [0.2, 0.25) is 0 Å². The smallest absolute Gasteiger partial charge is 0.417 e. The first-order valence-electron chi connectivity index (χ1n) is 12.4. The number of amides is 2. The fraction of sp³-hybridized carbons (Fsp3) is 0.393. The second-order valence-corrected chi connectivity index (χ2v) is 10.4. The van der Waals surface area contributed by atoms with Gasteiger partial charge in [0, 0.05) is 37.5 Å². The number of rotatable bonds is 7. The van der Waals surface area contributed by atoms with E-state index in [-0.39, 0.29) is 23.4 Å². The van der Waals surface area contributed by atoms with Crippen LogP contribution in [0.25, 0.3) is 0 Å². The number of benzene rings is 2. The molecule has 6 nitrogen and oxygen atoms in total. The Balaban J connectivity index is 1.37. The molecular weight excluding hydrogens is 515 g/mol. The summed E-state index contributed by atoms with van der Waals surface area (Å²) in [6.07, 6.45) is -2.82. The number of hydrogen-bond donors (Lipinski definition) is 0. The van der Waals surface area contributed by atoms with Crippen LogP contribution in [0.5, 0.6) is 5.75 Å². The van der Waals surface area contributed by atoms with E-state index in [4.69, 9.17) is 4.74 Å². The summed E-state index contributed by atoms with van der Waals surface area (Å²) in [5.41, 5.74) is 0.141. The first-order valence-corrected chi connectivity index (χ1v) is 13.3. The number of nitrogens with zero attached hydrogens (tertiary/aromatic N) is 3. The van der Waals surface area contributed by atoms with Gasteiger partial charge in [-0.1, -0.05) is 30.3 Å². The van der Waals surface area contributed by atoms with Crippen molar-refractivity contribution in [2.24, 2.45) is 0 Å². The minimum absolute atomic E-state index is 0.0415. The van der Waals surface area contributed by atoms with Crippen molar-refractivity contribution in [3.63, 3.8) is 0 Å². The zero-order chi connectivity index (χ0) is 27.4. The second-order valence-electron chi connectivity index (χ2n) is 9.46. The summed E-state index contributed by atoms with van der Waals surface area (Å²) in [7, 11) is 3.38. The van der Waals surface area contributed by atoms with Gasteiger partial charge in [0.25, 0.3) is 11.8 Å². The van der Waals surface area contributed by atoms with E-state index in [1.165, 1.54) is 34.4 Å². The van der Waals surface area contributed by atoms with E-state index in [1.807, 2.05) is 31.2 Å². The zero-order valence-corrected chi connectivity index (χ0v) is 22.3. The highest BCUT2D eigenvalue weighted by molar-refractivity contribution is 7.09. The van der Waals surface area contributed by atoms with E-state index in [9.17, 15) is 22.8 Å². The lowest BCUT2D eigenvalue weighted by atomic mass is 9.96. The Kier molecular flexibility index (Phi) is 8.40. The van der Waals surface area contributed by atoms with Crippen LogP contribution in [0.15, 0.2) is 53.9 Å². The van der Waals surface area contributed by atoms with Crippen molar-refractivity contribution < 1.29 is 27.5 Å². The normalized spacial score (nSPS) is 15.3. The van der Waals surface area contributed by atoms with Gasteiger partial charge in [0.2, 0.25) is 0 Å². The summed E-state index contributed by atoms with van der Waals surface area (Å²) in [6.45, 7) is 2.63. The van der Waals surface area contributed by atoms with Gasteiger partial charge in [-0.3, -0.25) is 9.59 Å². The predicted molar refractivity (Wildman–Crippen MR) is 140 cm³/mol. The van der Waals surface area contributed by atoms with Crippen LogP contribution < -0.4 is 4.74 Å². The van der Waals surface area contributed by atoms with E-state index in [0.29, 0.717) is 38.0 Å². The largest absolute Gasteiger partial charge is 0.496 e. The lowest BCUT2D eigenvalue weighted by Crippen LogP contribution is -2.39. The molecule has 1 aliphatic heterocycles. The van der Waals surface area contributed by atoms with Crippen molar-refractivity contribution in [3.8, 4) is 5.75 Å². The number of thiazole rings is 1. The Bertz CT molecular complexity index is 1290. The monoisotopic (exact) mass is 545 g/mol. The van der Waals surface area contributed by atoms with Crippen LogP contribution in [0.4, 0.5) is 13.2 Å². The molecule has 1 atom stereocenters. The van der Waals surface area contributed by atoms with Crippen LogP contribution in [0.3, 0.4) is 0 Å². The van der Waals surface area contributed by atoms with Crippen LogP contribution in [-0.2, 0) is 12.6 Å². The predicted octanol–water partition coefficient (Wildman–Crippen LogP) is 5.89. The van der Waals surface area contributed by atoms with Crippen molar-refractivity contribution in [2.75, 3.05) is 27.2 Å². The van der Waals surface area contributed by atoms with Crippen molar-refractivity contribution in [1.29, 1.82) is 0 Å². The molecule has 10 heteroatoms. The molecule has 1 aliphatic rings. The van der Waals surface area contributed by atoms with Gasteiger partial charge in [0.15, 0.2) is 0 Å². The maximum atomic E-state index is 13.4. The lowest BCUT2D eigenvalue weighted by molar-refractivity contribution is -0.138. The maximum absolute atomic E-state index is 13.4. The maximum Gasteiger partial charge on any atom is 0.417 e. The molecule has 202 valence electrons. The van der Waals surface area contributed by atoms with Crippen molar-refractivity contribution in [3.05, 3.63) is 81.3 Å². The Morgan fingerprint density at radius 2 is 1.79 bits per heavy atom. The Morgan fingerprint density at radius 3 is 2.47 bits per heavy atom. The first kappa shape index (κ1) is 27.6. The molecule has 4 rings (SSSR count). The molecule has 1 unspecified atom stereocenters. The molecule has 1 saturated heterocycles. The van der Waals surface area contributed by atoms with Gasteiger partial charge < -0.3 is 14.5 Å². The molecule has 0 radical (unpaired) electrons. The third-order valence-corrected chi connectivity index (χ3v) is 8.03. The van der Waals surface area contributed by atoms with Gasteiger partial charge in [0.05, 0.1) is 23.2 Å². The van der Waals surface area contributed by atoms with Crippen LogP contribution >= 0.6 is 11.3 Å². The van der Waals surface area contributed by atoms with Gasteiger partial charge in [0.1, 0.15) is 11.4 Å². The van der Waals surface area contributed by atoms with E-state index in [0.717, 1.165) is 22.4 Å². The number of likely N-dealkylation sites (N-methyl/N-ethyl adjacent to an activating group) is 1. The summed E-state index contributed by atoms with van der Waals surface area (Å²) >= 11 is 1.40. The Morgan fingerprint density at radius 1 is 1.13 bits per heavy atom. The third kappa shape index (κ3) is 6.01. The van der Waals surface area contributed by atoms with Gasteiger partial charge in [-0.15, -0.1) is 11.3 Å². The van der Waals surface area contributed by atoms with E-state index >= 15 is 0 Å². The Labute approximate surface area is 224 Å². The minimum atomic E-state index is -4.59.